The molecule has 4 rings (SSSR count). The summed E-state index contributed by atoms with van der Waals surface area (Å²) in [6.45, 7) is 2.25. The minimum Gasteiger partial charge on any atom is -0.372 e. The van der Waals surface area contributed by atoms with E-state index in [0.717, 1.165) is 43.8 Å². The van der Waals surface area contributed by atoms with Crippen LogP contribution in [0.4, 0.5) is 0 Å². The van der Waals surface area contributed by atoms with Crippen molar-refractivity contribution in [3.8, 4) is 11.4 Å². The Labute approximate surface area is 163 Å². The highest BCUT2D eigenvalue weighted by Gasteiger charge is 2.20. The Balaban J connectivity index is 1.46. The molecule has 0 spiro atoms. The fraction of sp³-hybridized carbons (Fsp3) is 0.333. The smallest absolute Gasteiger partial charge is 0.251 e. The monoisotopic (exact) mass is 377 g/mol. The molecule has 7 heteroatoms. The topological polar surface area (TPSA) is 84.0 Å². The molecule has 0 amide bonds. The van der Waals surface area contributed by atoms with Crippen molar-refractivity contribution >= 4 is 0 Å². The lowest BCUT2D eigenvalue weighted by atomic mass is 10.1. The van der Waals surface area contributed by atoms with Gasteiger partial charge in [-0.15, -0.1) is 0 Å². The quantitative estimate of drug-likeness (QED) is 0.711. The maximum absolute atomic E-state index is 12.1. The molecular formula is C21H23N5O2. The Hall–Kier alpha value is -2.90. The molecule has 0 radical (unpaired) electrons. The summed E-state index contributed by atoms with van der Waals surface area (Å²) in [5.74, 6) is 0.581. The molecule has 1 saturated heterocycles. The second-order valence-electron chi connectivity index (χ2n) is 7.09. The maximum Gasteiger partial charge on any atom is 0.251 e. The van der Waals surface area contributed by atoms with Crippen LogP contribution in [0.3, 0.4) is 0 Å². The van der Waals surface area contributed by atoms with Gasteiger partial charge in [0.2, 0.25) is 0 Å². The lowest BCUT2D eigenvalue weighted by Crippen LogP contribution is -2.18. The minimum atomic E-state index is -0.150. The van der Waals surface area contributed by atoms with E-state index in [0.29, 0.717) is 11.5 Å². The van der Waals surface area contributed by atoms with Gasteiger partial charge in [-0.05, 0) is 25.5 Å². The molecule has 144 valence electrons. The number of benzene rings is 1. The molecule has 1 aliphatic heterocycles. The average molecular weight is 377 g/mol. The third-order valence-corrected chi connectivity index (χ3v) is 4.75. The molecule has 28 heavy (non-hydrogen) atoms. The van der Waals surface area contributed by atoms with Gasteiger partial charge in [0.05, 0.1) is 17.5 Å². The Kier molecular flexibility index (Phi) is 5.55. The summed E-state index contributed by atoms with van der Waals surface area (Å²) >= 11 is 0. The van der Waals surface area contributed by atoms with Gasteiger partial charge >= 0.3 is 0 Å². The lowest BCUT2D eigenvalue weighted by Gasteiger charge is -2.16. The number of nitrogens with zero attached hydrogens (tertiary/aromatic N) is 4. The van der Waals surface area contributed by atoms with Crippen LogP contribution < -0.4 is 5.56 Å². The molecule has 2 aromatic heterocycles. The van der Waals surface area contributed by atoms with Crippen molar-refractivity contribution < 1.29 is 4.74 Å². The van der Waals surface area contributed by atoms with Crippen molar-refractivity contribution in [2.45, 2.75) is 32.0 Å². The van der Waals surface area contributed by atoms with Crippen molar-refractivity contribution in [1.29, 1.82) is 0 Å². The van der Waals surface area contributed by atoms with Gasteiger partial charge in [-0.1, -0.05) is 24.3 Å². The molecule has 7 nitrogen and oxygen atoms in total. The number of aromatic nitrogens is 4. The number of H-pyrrole nitrogens is 1. The molecule has 1 aliphatic rings. The zero-order valence-corrected chi connectivity index (χ0v) is 15.8. The highest BCUT2D eigenvalue weighted by molar-refractivity contribution is 5.55. The van der Waals surface area contributed by atoms with Crippen molar-refractivity contribution in [2.75, 3.05) is 13.7 Å². The second-order valence-corrected chi connectivity index (χ2v) is 7.09. The second kappa shape index (κ2) is 8.41. The van der Waals surface area contributed by atoms with Gasteiger partial charge in [0, 0.05) is 49.9 Å². The lowest BCUT2D eigenvalue weighted by molar-refractivity contribution is 0.108. The summed E-state index contributed by atoms with van der Waals surface area (Å²) < 4.78 is 5.67. The minimum absolute atomic E-state index is 0.0740. The number of aromatic amines is 1. The molecule has 3 heterocycles. The predicted octanol–water partition coefficient (Wildman–Crippen LogP) is 2.71. The van der Waals surface area contributed by atoms with Crippen LogP contribution in [0.1, 0.15) is 35.9 Å². The number of hydrogen-bond acceptors (Lipinski definition) is 6. The molecule has 1 N–H and O–H groups in total. The van der Waals surface area contributed by atoms with Gasteiger partial charge in [0.25, 0.3) is 5.56 Å². The van der Waals surface area contributed by atoms with E-state index in [1.165, 1.54) is 11.6 Å². The molecule has 1 unspecified atom stereocenters. The van der Waals surface area contributed by atoms with Gasteiger partial charge in [-0.25, -0.2) is 4.98 Å². The number of ether oxygens (including phenoxy) is 1. The van der Waals surface area contributed by atoms with E-state index in [-0.39, 0.29) is 11.7 Å². The van der Waals surface area contributed by atoms with Crippen LogP contribution >= 0.6 is 0 Å². The molecule has 0 bridgehead atoms. The van der Waals surface area contributed by atoms with E-state index in [4.69, 9.17) is 4.74 Å². The standard InChI is InChI=1S/C21H23N5O2/c1-26(14-17-12-22-8-9-23-17)13-15-4-6-16(7-5-15)21-24-18(11-20(27)25-21)19-3-2-10-28-19/h4-9,11-12,19H,2-3,10,13-14H2,1H3,(H,24,25,27). The summed E-state index contributed by atoms with van der Waals surface area (Å²) in [6, 6.07) is 9.63. The zero-order valence-electron chi connectivity index (χ0n) is 15.8. The molecule has 1 atom stereocenters. The van der Waals surface area contributed by atoms with Crippen molar-refractivity contribution in [3.63, 3.8) is 0 Å². The largest absolute Gasteiger partial charge is 0.372 e. The van der Waals surface area contributed by atoms with Crippen molar-refractivity contribution in [3.05, 3.63) is 76.2 Å². The fourth-order valence-corrected chi connectivity index (χ4v) is 3.41. The Bertz CT molecular complexity index is 966. The van der Waals surface area contributed by atoms with Crippen LogP contribution in [-0.4, -0.2) is 38.5 Å². The van der Waals surface area contributed by atoms with Gasteiger partial charge < -0.3 is 9.72 Å². The molecule has 3 aromatic rings. The Morgan fingerprint density at radius 2 is 2.07 bits per heavy atom. The number of hydrogen-bond donors (Lipinski definition) is 1. The van der Waals surface area contributed by atoms with Gasteiger partial charge in [-0.2, -0.15) is 0 Å². The zero-order chi connectivity index (χ0) is 19.3. The number of nitrogens with one attached hydrogen (secondary N) is 1. The van der Waals surface area contributed by atoms with Crippen molar-refractivity contribution in [2.24, 2.45) is 0 Å². The highest BCUT2D eigenvalue weighted by Crippen LogP contribution is 2.27. The summed E-state index contributed by atoms with van der Waals surface area (Å²) in [6.07, 6.45) is 7.00. The van der Waals surface area contributed by atoms with Crippen molar-refractivity contribution in [1.82, 2.24) is 24.8 Å². The van der Waals surface area contributed by atoms with E-state index in [1.807, 2.05) is 19.2 Å². The average Bonchev–Trinajstić information content (AvgIpc) is 3.24. The van der Waals surface area contributed by atoms with E-state index >= 15 is 0 Å². The van der Waals surface area contributed by atoms with Crippen LogP contribution in [0, 0.1) is 0 Å². The summed E-state index contributed by atoms with van der Waals surface area (Å²) in [5, 5.41) is 0. The third kappa shape index (κ3) is 4.49. The molecule has 1 aromatic carbocycles. The van der Waals surface area contributed by atoms with Crippen LogP contribution in [0.5, 0.6) is 0 Å². The Morgan fingerprint density at radius 1 is 1.21 bits per heavy atom. The molecule has 0 aliphatic carbocycles. The van der Waals surface area contributed by atoms with E-state index in [9.17, 15) is 4.79 Å². The van der Waals surface area contributed by atoms with Crippen LogP contribution in [-0.2, 0) is 17.8 Å². The van der Waals surface area contributed by atoms with Crippen LogP contribution in [0.2, 0.25) is 0 Å². The molecular weight excluding hydrogens is 354 g/mol. The summed E-state index contributed by atoms with van der Waals surface area (Å²) in [4.78, 5) is 30.1. The maximum atomic E-state index is 12.1. The van der Waals surface area contributed by atoms with Gasteiger partial charge in [0.15, 0.2) is 0 Å². The molecule has 1 fully saturated rings. The molecule has 0 saturated carbocycles. The first-order valence-corrected chi connectivity index (χ1v) is 9.43. The van der Waals surface area contributed by atoms with Gasteiger partial charge in [-0.3, -0.25) is 19.7 Å². The van der Waals surface area contributed by atoms with Crippen LogP contribution in [0.15, 0.2) is 53.7 Å². The first kappa shape index (κ1) is 18.5. The van der Waals surface area contributed by atoms with Crippen LogP contribution in [0.25, 0.3) is 11.4 Å². The SMILES string of the molecule is CN(Cc1ccc(-c2nc(C3CCCO3)cc(=O)[nH]2)cc1)Cc1cnccn1. The Morgan fingerprint density at radius 3 is 2.79 bits per heavy atom. The number of rotatable bonds is 6. The fourth-order valence-electron chi connectivity index (χ4n) is 3.41. The van der Waals surface area contributed by atoms with E-state index in [1.54, 1.807) is 18.6 Å². The van der Waals surface area contributed by atoms with Gasteiger partial charge in [0.1, 0.15) is 5.82 Å². The normalized spacial score (nSPS) is 16.6. The first-order valence-electron chi connectivity index (χ1n) is 9.43. The highest BCUT2D eigenvalue weighted by atomic mass is 16.5. The summed E-state index contributed by atoms with van der Waals surface area (Å²) in [7, 11) is 2.05. The summed E-state index contributed by atoms with van der Waals surface area (Å²) in [5.41, 5.74) is 3.56. The predicted molar refractivity (Wildman–Crippen MR) is 105 cm³/mol. The van der Waals surface area contributed by atoms with E-state index in [2.05, 4.69) is 37.0 Å². The van der Waals surface area contributed by atoms with E-state index < -0.39 is 0 Å². The first-order chi connectivity index (χ1) is 13.7. The third-order valence-electron chi connectivity index (χ3n) is 4.75.